The van der Waals surface area contributed by atoms with Crippen LogP contribution in [0.2, 0.25) is 0 Å². The van der Waals surface area contributed by atoms with Crippen LogP contribution in [0.3, 0.4) is 0 Å². The third kappa shape index (κ3) is 53.7. The predicted molar refractivity (Wildman–Crippen MR) is 288 cm³/mol. The summed E-state index contributed by atoms with van der Waals surface area (Å²) in [4.78, 5) is 38.1. The number of allylic oxidation sites excluding steroid dienone is 12. The first kappa shape index (κ1) is 63.8. The molecule has 0 fully saturated rings. The number of ether oxygens (including phenoxy) is 3. The normalized spacial score (nSPS) is 12.6. The lowest BCUT2D eigenvalue weighted by molar-refractivity contribution is -0.167. The number of hydrogen-bond acceptors (Lipinski definition) is 6. The Labute approximate surface area is 414 Å². The number of carbonyl (C=O) groups excluding carboxylic acids is 3. The summed E-state index contributed by atoms with van der Waals surface area (Å²) in [5.41, 5.74) is 0. The van der Waals surface area contributed by atoms with Gasteiger partial charge in [-0.25, -0.2) is 0 Å². The van der Waals surface area contributed by atoms with Crippen molar-refractivity contribution in [1.82, 2.24) is 0 Å². The average Bonchev–Trinajstić information content (AvgIpc) is 3.33. The topological polar surface area (TPSA) is 78.9 Å². The van der Waals surface area contributed by atoms with Crippen LogP contribution >= 0.6 is 0 Å². The summed E-state index contributed by atoms with van der Waals surface area (Å²) in [6, 6.07) is 0. The molecule has 67 heavy (non-hydrogen) atoms. The van der Waals surface area contributed by atoms with Crippen LogP contribution in [-0.2, 0) is 28.6 Å². The molecule has 6 nitrogen and oxygen atoms in total. The van der Waals surface area contributed by atoms with E-state index in [0.717, 1.165) is 89.9 Å². The van der Waals surface area contributed by atoms with Crippen LogP contribution in [0, 0.1) is 0 Å². The highest BCUT2D eigenvalue weighted by Gasteiger charge is 2.19. The van der Waals surface area contributed by atoms with Gasteiger partial charge in [-0.1, -0.05) is 241 Å². The molecule has 0 spiro atoms. The van der Waals surface area contributed by atoms with E-state index in [4.69, 9.17) is 14.2 Å². The van der Waals surface area contributed by atoms with Crippen molar-refractivity contribution in [3.8, 4) is 0 Å². The van der Waals surface area contributed by atoms with Crippen molar-refractivity contribution in [2.75, 3.05) is 13.2 Å². The molecule has 0 N–H and O–H groups in total. The maximum absolute atomic E-state index is 12.8. The molecular formula is C61H106O6. The molecule has 0 aliphatic carbocycles. The number of rotatable bonds is 51. The highest BCUT2D eigenvalue weighted by Crippen LogP contribution is 2.15. The zero-order valence-electron chi connectivity index (χ0n) is 44.2. The van der Waals surface area contributed by atoms with Crippen molar-refractivity contribution >= 4 is 17.9 Å². The van der Waals surface area contributed by atoms with Gasteiger partial charge in [0.15, 0.2) is 6.10 Å². The summed E-state index contributed by atoms with van der Waals surface area (Å²) >= 11 is 0. The lowest BCUT2D eigenvalue weighted by Gasteiger charge is -2.18. The molecule has 1 atom stereocenters. The van der Waals surface area contributed by atoms with Crippen molar-refractivity contribution in [1.29, 1.82) is 0 Å². The van der Waals surface area contributed by atoms with E-state index in [1.165, 1.54) is 141 Å². The molecule has 0 unspecified atom stereocenters. The molecular weight excluding hydrogens is 829 g/mol. The van der Waals surface area contributed by atoms with Gasteiger partial charge in [0, 0.05) is 19.3 Å². The number of unbranched alkanes of at least 4 members (excludes halogenated alkanes) is 28. The van der Waals surface area contributed by atoms with Crippen LogP contribution in [0.4, 0.5) is 0 Å². The Bertz CT molecular complexity index is 1260. The molecule has 0 aromatic heterocycles. The third-order valence-electron chi connectivity index (χ3n) is 12.2. The van der Waals surface area contributed by atoms with Gasteiger partial charge in [0.05, 0.1) is 0 Å². The number of hydrogen-bond donors (Lipinski definition) is 0. The first-order valence-electron chi connectivity index (χ1n) is 28.4. The Kier molecular flexibility index (Phi) is 52.8. The highest BCUT2D eigenvalue weighted by molar-refractivity contribution is 5.71. The van der Waals surface area contributed by atoms with Crippen molar-refractivity contribution in [2.45, 2.75) is 284 Å². The van der Waals surface area contributed by atoms with E-state index in [9.17, 15) is 14.4 Å². The van der Waals surface area contributed by atoms with Crippen LogP contribution in [0.1, 0.15) is 278 Å². The summed E-state index contributed by atoms with van der Waals surface area (Å²) in [7, 11) is 0. The fourth-order valence-corrected chi connectivity index (χ4v) is 7.88. The minimum atomic E-state index is -0.808. The summed E-state index contributed by atoms with van der Waals surface area (Å²) in [6.07, 6.45) is 70.3. The molecule has 386 valence electrons. The largest absolute Gasteiger partial charge is 0.462 e. The monoisotopic (exact) mass is 935 g/mol. The second-order valence-corrected chi connectivity index (χ2v) is 18.8. The second-order valence-electron chi connectivity index (χ2n) is 18.8. The SMILES string of the molecule is CCCCC/C=C\C/C=C\C/C=C\C/C=C\CCCC(=O)O[C@H](COC(=O)CCCCCCC/C=C\C/C=C\CCCCC)COC(=O)CCCCCCCCCCCCCCCCCCC. The van der Waals surface area contributed by atoms with Gasteiger partial charge in [0.25, 0.3) is 0 Å². The van der Waals surface area contributed by atoms with E-state index in [-0.39, 0.29) is 37.5 Å². The average molecular weight is 936 g/mol. The number of esters is 3. The Balaban J connectivity index is 4.47. The van der Waals surface area contributed by atoms with Crippen LogP contribution in [-0.4, -0.2) is 37.2 Å². The van der Waals surface area contributed by atoms with Gasteiger partial charge < -0.3 is 14.2 Å². The molecule has 0 aliphatic rings. The van der Waals surface area contributed by atoms with Gasteiger partial charge in [0.2, 0.25) is 0 Å². The standard InChI is InChI=1S/C61H106O6/c1-4-7-10-13-16-19-22-25-28-30-33-36-39-42-45-48-51-54-60(63)66-57-58(56-65-59(62)53-50-47-44-41-38-35-32-27-24-21-18-15-12-9-6-3)67-61(64)55-52-49-46-43-40-37-34-31-29-26-23-20-17-14-11-8-5-2/h17-18,20-21,26-27,29,32,34,37,43,46,58H,4-16,19,22-25,28,30-31,33,35-36,38-42,44-45,47-57H2,1-3H3/b20-17-,21-18-,29-26-,32-27-,37-34-,46-43-/t58-/m1/s1. The van der Waals surface area contributed by atoms with Gasteiger partial charge in [-0.05, 0) is 89.9 Å². The summed E-state index contributed by atoms with van der Waals surface area (Å²) < 4.78 is 16.8. The molecule has 0 amide bonds. The molecule has 0 bridgehead atoms. The van der Waals surface area contributed by atoms with E-state index in [1.807, 2.05) is 0 Å². The maximum atomic E-state index is 12.8. The van der Waals surface area contributed by atoms with Crippen LogP contribution in [0.15, 0.2) is 72.9 Å². The highest BCUT2D eigenvalue weighted by atomic mass is 16.6. The van der Waals surface area contributed by atoms with Crippen molar-refractivity contribution < 1.29 is 28.6 Å². The van der Waals surface area contributed by atoms with Gasteiger partial charge in [-0.3, -0.25) is 14.4 Å². The van der Waals surface area contributed by atoms with Crippen LogP contribution in [0.5, 0.6) is 0 Å². The van der Waals surface area contributed by atoms with E-state index in [0.29, 0.717) is 19.3 Å². The molecule has 0 saturated heterocycles. The first-order valence-corrected chi connectivity index (χ1v) is 28.4. The molecule has 0 aliphatic heterocycles. The fourth-order valence-electron chi connectivity index (χ4n) is 7.88. The molecule has 0 radical (unpaired) electrons. The van der Waals surface area contributed by atoms with E-state index in [1.54, 1.807) is 0 Å². The van der Waals surface area contributed by atoms with Gasteiger partial charge in [0.1, 0.15) is 13.2 Å². The predicted octanol–water partition coefficient (Wildman–Crippen LogP) is 19.0. The minimum absolute atomic E-state index is 0.0995. The Morgan fingerprint density at radius 3 is 0.910 bits per heavy atom. The van der Waals surface area contributed by atoms with Crippen LogP contribution in [0.25, 0.3) is 0 Å². The van der Waals surface area contributed by atoms with Gasteiger partial charge in [-0.2, -0.15) is 0 Å². The molecule has 0 saturated carbocycles. The fraction of sp³-hybridized carbons (Fsp3) is 0.754. The lowest BCUT2D eigenvalue weighted by Crippen LogP contribution is -2.30. The Morgan fingerprint density at radius 1 is 0.299 bits per heavy atom. The minimum Gasteiger partial charge on any atom is -0.462 e. The van der Waals surface area contributed by atoms with E-state index >= 15 is 0 Å². The molecule has 0 rings (SSSR count). The van der Waals surface area contributed by atoms with Gasteiger partial charge >= 0.3 is 17.9 Å². The third-order valence-corrected chi connectivity index (χ3v) is 12.2. The first-order chi connectivity index (χ1) is 33.0. The second kappa shape index (κ2) is 55.4. The maximum Gasteiger partial charge on any atom is 0.306 e. The molecule has 0 aromatic rings. The smallest absolute Gasteiger partial charge is 0.306 e. The Hall–Kier alpha value is -3.15. The molecule has 0 heterocycles. The number of carbonyl (C=O) groups is 3. The van der Waals surface area contributed by atoms with E-state index in [2.05, 4.69) is 93.7 Å². The molecule has 6 heteroatoms. The lowest BCUT2D eigenvalue weighted by atomic mass is 10.0. The van der Waals surface area contributed by atoms with Gasteiger partial charge in [-0.15, -0.1) is 0 Å². The van der Waals surface area contributed by atoms with Crippen molar-refractivity contribution in [2.24, 2.45) is 0 Å². The van der Waals surface area contributed by atoms with Crippen molar-refractivity contribution in [3.05, 3.63) is 72.9 Å². The zero-order chi connectivity index (χ0) is 48.6. The quantitative estimate of drug-likeness (QED) is 0.0262. The van der Waals surface area contributed by atoms with E-state index < -0.39 is 6.10 Å². The van der Waals surface area contributed by atoms with Crippen molar-refractivity contribution in [3.63, 3.8) is 0 Å². The Morgan fingerprint density at radius 2 is 0.552 bits per heavy atom. The zero-order valence-corrected chi connectivity index (χ0v) is 44.2. The molecule has 0 aromatic carbocycles. The summed E-state index contributed by atoms with van der Waals surface area (Å²) in [6.45, 7) is 6.55. The van der Waals surface area contributed by atoms with Crippen LogP contribution < -0.4 is 0 Å². The summed E-state index contributed by atoms with van der Waals surface area (Å²) in [5, 5.41) is 0. The summed E-state index contributed by atoms with van der Waals surface area (Å²) in [5.74, 6) is -0.962.